The van der Waals surface area contributed by atoms with Gasteiger partial charge >= 0.3 is 12.6 Å². The number of amides is 2. The number of halogens is 2. The molecular formula is C27H25F2N5O2. The van der Waals surface area contributed by atoms with Gasteiger partial charge in [0.2, 0.25) is 0 Å². The van der Waals surface area contributed by atoms with Crippen LogP contribution in [0.4, 0.5) is 25.1 Å². The molecule has 1 N–H and O–H groups in total. The Hall–Kier alpha value is -4.27. The number of fused-ring (bicyclic) bond motifs is 1. The SMILES string of the molecule is C[C@H]1CN(C(=O)Nc2ccc(OC(F)F)cc2)CCN1c1nnc(-c2ccccc2)c2ccccc12. The van der Waals surface area contributed by atoms with Crippen molar-refractivity contribution in [2.24, 2.45) is 0 Å². The zero-order valence-electron chi connectivity index (χ0n) is 19.6. The molecule has 0 unspecified atom stereocenters. The summed E-state index contributed by atoms with van der Waals surface area (Å²) in [6, 6.07) is 23.7. The van der Waals surface area contributed by atoms with E-state index in [2.05, 4.69) is 44.2 Å². The molecule has 0 spiro atoms. The number of alkyl halides is 2. The lowest BCUT2D eigenvalue weighted by molar-refractivity contribution is -0.0498. The highest BCUT2D eigenvalue weighted by atomic mass is 19.3. The summed E-state index contributed by atoms with van der Waals surface area (Å²) in [6.07, 6.45) is 0. The first kappa shape index (κ1) is 23.5. The number of anilines is 2. The molecule has 1 aromatic heterocycles. The van der Waals surface area contributed by atoms with E-state index in [1.807, 2.05) is 42.5 Å². The number of benzene rings is 3. The van der Waals surface area contributed by atoms with Crippen LogP contribution in [0, 0.1) is 0 Å². The Morgan fingerprint density at radius 3 is 2.33 bits per heavy atom. The second-order valence-electron chi connectivity index (χ2n) is 8.61. The van der Waals surface area contributed by atoms with Crippen LogP contribution in [-0.2, 0) is 0 Å². The van der Waals surface area contributed by atoms with E-state index in [0.29, 0.717) is 25.3 Å². The van der Waals surface area contributed by atoms with Crippen LogP contribution < -0.4 is 15.0 Å². The molecule has 0 bridgehead atoms. The van der Waals surface area contributed by atoms with Crippen LogP contribution in [0.1, 0.15) is 6.92 Å². The van der Waals surface area contributed by atoms with E-state index >= 15 is 0 Å². The van der Waals surface area contributed by atoms with Crippen molar-refractivity contribution in [1.82, 2.24) is 15.1 Å². The van der Waals surface area contributed by atoms with Crippen LogP contribution in [0.5, 0.6) is 5.75 Å². The van der Waals surface area contributed by atoms with E-state index in [-0.39, 0.29) is 17.8 Å². The van der Waals surface area contributed by atoms with E-state index in [0.717, 1.165) is 27.8 Å². The molecule has 1 atom stereocenters. The van der Waals surface area contributed by atoms with Gasteiger partial charge in [-0.15, -0.1) is 10.2 Å². The molecule has 36 heavy (non-hydrogen) atoms. The highest BCUT2D eigenvalue weighted by Gasteiger charge is 2.29. The topological polar surface area (TPSA) is 70.6 Å². The molecular weight excluding hydrogens is 464 g/mol. The van der Waals surface area contributed by atoms with Gasteiger partial charge in [0.05, 0.1) is 0 Å². The average molecular weight is 490 g/mol. The second kappa shape index (κ2) is 10.2. The number of aromatic nitrogens is 2. The van der Waals surface area contributed by atoms with Crippen molar-refractivity contribution in [3.05, 3.63) is 78.9 Å². The van der Waals surface area contributed by atoms with Gasteiger partial charge in [0.25, 0.3) is 0 Å². The van der Waals surface area contributed by atoms with Crippen molar-refractivity contribution in [1.29, 1.82) is 0 Å². The number of nitrogens with zero attached hydrogens (tertiary/aromatic N) is 4. The van der Waals surface area contributed by atoms with E-state index < -0.39 is 6.61 Å². The number of piperazine rings is 1. The summed E-state index contributed by atoms with van der Waals surface area (Å²) >= 11 is 0. The second-order valence-corrected chi connectivity index (χ2v) is 8.61. The molecule has 1 saturated heterocycles. The lowest BCUT2D eigenvalue weighted by Gasteiger charge is -2.40. The maximum absolute atomic E-state index is 12.8. The third kappa shape index (κ3) is 4.91. The quantitative estimate of drug-likeness (QED) is 0.393. The van der Waals surface area contributed by atoms with E-state index in [1.54, 1.807) is 4.90 Å². The molecule has 0 radical (unpaired) electrons. The van der Waals surface area contributed by atoms with Crippen molar-refractivity contribution < 1.29 is 18.3 Å². The normalized spacial score (nSPS) is 15.8. The van der Waals surface area contributed by atoms with Gasteiger partial charge in [-0.1, -0.05) is 54.6 Å². The summed E-state index contributed by atoms with van der Waals surface area (Å²) in [4.78, 5) is 16.8. The molecule has 2 heterocycles. The fraction of sp³-hybridized carbons (Fsp3) is 0.222. The molecule has 184 valence electrons. The zero-order chi connectivity index (χ0) is 25.1. The van der Waals surface area contributed by atoms with Gasteiger partial charge in [0.15, 0.2) is 5.82 Å². The van der Waals surface area contributed by atoms with Gasteiger partial charge in [-0.2, -0.15) is 8.78 Å². The molecule has 0 saturated carbocycles. The molecule has 1 aliphatic heterocycles. The zero-order valence-corrected chi connectivity index (χ0v) is 19.6. The first-order valence-corrected chi connectivity index (χ1v) is 11.7. The molecule has 4 aromatic rings. The number of carbonyl (C=O) groups excluding carboxylic acids is 1. The predicted octanol–water partition coefficient (Wildman–Crippen LogP) is 5.64. The third-order valence-electron chi connectivity index (χ3n) is 6.23. The molecule has 7 nitrogen and oxygen atoms in total. The summed E-state index contributed by atoms with van der Waals surface area (Å²) < 4.78 is 29.0. The fourth-order valence-electron chi connectivity index (χ4n) is 4.49. The largest absolute Gasteiger partial charge is 0.435 e. The van der Waals surface area contributed by atoms with Crippen molar-refractivity contribution >= 4 is 28.3 Å². The summed E-state index contributed by atoms with van der Waals surface area (Å²) in [5.74, 6) is 0.837. The Labute approximate surface area is 207 Å². The first-order valence-electron chi connectivity index (χ1n) is 11.7. The number of nitrogens with one attached hydrogen (secondary N) is 1. The van der Waals surface area contributed by atoms with Crippen molar-refractivity contribution in [3.63, 3.8) is 0 Å². The molecule has 2 amide bonds. The van der Waals surface area contributed by atoms with Crippen LogP contribution in [0.25, 0.3) is 22.0 Å². The summed E-state index contributed by atoms with van der Waals surface area (Å²) in [5, 5.41) is 14.1. The van der Waals surface area contributed by atoms with Gasteiger partial charge in [0.1, 0.15) is 11.4 Å². The molecule has 3 aromatic carbocycles. The standard InChI is InChI=1S/C27H25F2N5O2/c1-18-17-33(27(35)30-20-11-13-21(14-12-20)36-26(28)29)15-16-34(18)25-23-10-6-5-9-22(23)24(31-32-25)19-7-3-2-4-8-19/h2-14,18,26H,15-17H2,1H3,(H,30,35)/t18-/m0/s1. The number of ether oxygens (including phenoxy) is 1. The van der Waals surface area contributed by atoms with Gasteiger partial charge in [0, 0.05) is 47.7 Å². The number of carbonyl (C=O) groups is 1. The Balaban J connectivity index is 1.30. The maximum atomic E-state index is 12.8. The van der Waals surface area contributed by atoms with E-state index in [1.165, 1.54) is 24.3 Å². The molecule has 1 fully saturated rings. The Morgan fingerprint density at radius 1 is 0.944 bits per heavy atom. The van der Waals surface area contributed by atoms with Crippen molar-refractivity contribution in [3.8, 4) is 17.0 Å². The van der Waals surface area contributed by atoms with Crippen LogP contribution >= 0.6 is 0 Å². The lowest BCUT2D eigenvalue weighted by atomic mass is 10.0. The Bertz CT molecular complexity index is 1350. The van der Waals surface area contributed by atoms with Crippen molar-refractivity contribution in [2.45, 2.75) is 19.6 Å². The summed E-state index contributed by atoms with van der Waals surface area (Å²) in [6.45, 7) is 0.754. The van der Waals surface area contributed by atoms with Crippen LogP contribution in [0.15, 0.2) is 78.9 Å². The Morgan fingerprint density at radius 2 is 1.64 bits per heavy atom. The molecule has 0 aliphatic carbocycles. The average Bonchev–Trinajstić information content (AvgIpc) is 2.89. The number of rotatable bonds is 5. The predicted molar refractivity (Wildman–Crippen MR) is 135 cm³/mol. The molecule has 1 aliphatic rings. The maximum Gasteiger partial charge on any atom is 0.387 e. The summed E-state index contributed by atoms with van der Waals surface area (Å²) in [5.41, 5.74) is 2.35. The van der Waals surface area contributed by atoms with Crippen LogP contribution in [-0.4, -0.2) is 53.4 Å². The lowest BCUT2D eigenvalue weighted by Crippen LogP contribution is -2.55. The number of hydrogen-bond acceptors (Lipinski definition) is 5. The highest BCUT2D eigenvalue weighted by Crippen LogP contribution is 2.32. The summed E-state index contributed by atoms with van der Waals surface area (Å²) in [7, 11) is 0. The first-order chi connectivity index (χ1) is 17.5. The van der Waals surface area contributed by atoms with Gasteiger partial charge < -0.3 is 19.9 Å². The van der Waals surface area contributed by atoms with E-state index in [4.69, 9.17) is 0 Å². The Kier molecular flexibility index (Phi) is 6.62. The monoisotopic (exact) mass is 489 g/mol. The van der Waals surface area contributed by atoms with Gasteiger partial charge in [-0.05, 0) is 31.2 Å². The fourth-order valence-corrected chi connectivity index (χ4v) is 4.49. The molecule has 9 heteroatoms. The van der Waals surface area contributed by atoms with Crippen LogP contribution in [0.2, 0.25) is 0 Å². The number of hydrogen-bond donors (Lipinski definition) is 1. The third-order valence-corrected chi connectivity index (χ3v) is 6.23. The molecule has 5 rings (SSSR count). The minimum absolute atomic E-state index is 0.00611. The van der Waals surface area contributed by atoms with Gasteiger partial charge in [-0.3, -0.25) is 0 Å². The van der Waals surface area contributed by atoms with Gasteiger partial charge in [-0.25, -0.2) is 4.79 Å². The van der Waals surface area contributed by atoms with Crippen LogP contribution in [0.3, 0.4) is 0 Å². The minimum Gasteiger partial charge on any atom is -0.435 e. The van der Waals surface area contributed by atoms with Crippen molar-refractivity contribution in [2.75, 3.05) is 29.9 Å². The minimum atomic E-state index is -2.89. The smallest absolute Gasteiger partial charge is 0.387 e. The van der Waals surface area contributed by atoms with E-state index in [9.17, 15) is 13.6 Å². The highest BCUT2D eigenvalue weighted by molar-refractivity contribution is 6.00. The number of urea groups is 1.